The lowest BCUT2D eigenvalue weighted by atomic mass is 10.1. The Labute approximate surface area is 254 Å². The molecule has 0 spiro atoms. The van der Waals surface area contributed by atoms with Crippen LogP contribution in [-0.2, 0) is 23.1 Å². The minimum Gasteiger partial charge on any atom is -0.507 e. The van der Waals surface area contributed by atoms with Crippen LogP contribution in [0.5, 0.6) is 11.5 Å². The Kier molecular flexibility index (Phi) is 8.72. The molecule has 0 atom stereocenters. The summed E-state index contributed by atoms with van der Waals surface area (Å²) in [5.41, 5.74) is 4.02. The first kappa shape index (κ1) is 29.7. The van der Waals surface area contributed by atoms with Gasteiger partial charge in [0.15, 0.2) is 0 Å². The number of halogens is 1. The summed E-state index contributed by atoms with van der Waals surface area (Å²) in [4.78, 5) is 23.6. The van der Waals surface area contributed by atoms with Crippen molar-refractivity contribution < 1.29 is 23.4 Å². The molecule has 3 N–H and O–H groups in total. The number of phenols is 2. The third-order valence-corrected chi connectivity index (χ3v) is 8.40. The van der Waals surface area contributed by atoms with Gasteiger partial charge in [-0.25, -0.2) is 13.1 Å². The SMILES string of the molecule is Cc1cc(S(=O)(=O)NCc2cccnc2)cnc1-c1ccc(N(Cc2ccccc2)C(=O)c2cc(Cl)c(O)cc2O)cc1. The number of aromatic nitrogens is 2. The van der Waals surface area contributed by atoms with Gasteiger partial charge in [-0.15, -0.1) is 0 Å². The molecule has 0 unspecified atom stereocenters. The molecule has 0 bridgehead atoms. The normalized spacial score (nSPS) is 11.3. The maximum Gasteiger partial charge on any atom is 0.262 e. The van der Waals surface area contributed by atoms with Crippen molar-refractivity contribution in [3.05, 3.63) is 131 Å². The molecule has 5 rings (SSSR count). The predicted molar refractivity (Wildman–Crippen MR) is 164 cm³/mol. The third kappa shape index (κ3) is 6.83. The van der Waals surface area contributed by atoms with Crippen LogP contribution in [0.25, 0.3) is 11.3 Å². The van der Waals surface area contributed by atoms with E-state index in [1.165, 1.54) is 17.2 Å². The Morgan fingerprint density at radius 3 is 2.30 bits per heavy atom. The van der Waals surface area contributed by atoms with Crippen LogP contribution < -0.4 is 9.62 Å². The van der Waals surface area contributed by atoms with Crippen LogP contribution in [0.15, 0.2) is 108 Å². The quantitative estimate of drug-likeness (QED) is 0.190. The number of pyridine rings is 2. The number of nitrogens with zero attached hydrogens (tertiary/aromatic N) is 3. The zero-order valence-electron chi connectivity index (χ0n) is 23.0. The summed E-state index contributed by atoms with van der Waals surface area (Å²) in [5.74, 6) is -1.24. The number of rotatable bonds is 9. The predicted octanol–water partition coefficient (Wildman–Crippen LogP) is 5.84. The molecule has 0 saturated heterocycles. The van der Waals surface area contributed by atoms with Crippen LogP contribution in [0.3, 0.4) is 0 Å². The van der Waals surface area contributed by atoms with Gasteiger partial charge in [0.2, 0.25) is 10.0 Å². The van der Waals surface area contributed by atoms with E-state index in [4.69, 9.17) is 11.6 Å². The number of phenolic OH excluding ortho intramolecular Hbond substituents is 2. The number of hydrogen-bond donors (Lipinski definition) is 3. The minimum atomic E-state index is -3.80. The Morgan fingerprint density at radius 2 is 1.63 bits per heavy atom. The van der Waals surface area contributed by atoms with E-state index in [0.29, 0.717) is 16.9 Å². The first-order valence-electron chi connectivity index (χ1n) is 13.2. The average Bonchev–Trinajstić information content (AvgIpc) is 3.01. The van der Waals surface area contributed by atoms with Crippen molar-refractivity contribution in [1.82, 2.24) is 14.7 Å². The Morgan fingerprint density at radius 1 is 0.907 bits per heavy atom. The molecule has 0 fully saturated rings. The van der Waals surface area contributed by atoms with Crippen molar-refractivity contribution in [1.29, 1.82) is 0 Å². The second-order valence-corrected chi connectivity index (χ2v) is 11.9. The van der Waals surface area contributed by atoms with Gasteiger partial charge >= 0.3 is 0 Å². The fraction of sp³-hybridized carbons (Fsp3) is 0.0938. The topological polar surface area (TPSA) is 133 Å². The number of benzene rings is 3. The van der Waals surface area contributed by atoms with Gasteiger partial charge in [-0.2, -0.15) is 0 Å². The molecule has 0 aliphatic heterocycles. The first-order chi connectivity index (χ1) is 20.6. The van der Waals surface area contributed by atoms with E-state index in [2.05, 4.69) is 14.7 Å². The van der Waals surface area contributed by atoms with Crippen LogP contribution >= 0.6 is 11.6 Å². The molecule has 0 aliphatic rings. The highest BCUT2D eigenvalue weighted by Crippen LogP contribution is 2.34. The van der Waals surface area contributed by atoms with E-state index in [1.807, 2.05) is 30.3 Å². The Hall–Kier alpha value is -4.77. The summed E-state index contributed by atoms with van der Waals surface area (Å²) in [5, 5.41) is 20.2. The van der Waals surface area contributed by atoms with E-state index in [1.54, 1.807) is 61.8 Å². The monoisotopic (exact) mass is 614 g/mol. The van der Waals surface area contributed by atoms with Crippen molar-refractivity contribution in [2.45, 2.75) is 24.9 Å². The number of aromatic hydroxyl groups is 2. The number of anilines is 1. The van der Waals surface area contributed by atoms with Crippen molar-refractivity contribution in [3.8, 4) is 22.8 Å². The van der Waals surface area contributed by atoms with Crippen molar-refractivity contribution >= 4 is 33.2 Å². The van der Waals surface area contributed by atoms with Gasteiger partial charge in [-0.3, -0.25) is 14.8 Å². The standard InChI is InChI=1S/C32H27ClN4O5S/c1-21-14-26(43(41,42)36-18-23-8-5-13-34-17-23)19-35-31(21)24-9-11-25(12-10-24)37(20-22-6-3-2-4-7-22)32(40)27-15-28(33)30(39)16-29(27)38/h2-17,19,36,38-39H,18,20H2,1H3. The summed E-state index contributed by atoms with van der Waals surface area (Å²) in [6.45, 7) is 2.08. The van der Waals surface area contributed by atoms with Crippen molar-refractivity contribution in [3.63, 3.8) is 0 Å². The van der Waals surface area contributed by atoms with E-state index in [0.717, 1.165) is 22.8 Å². The largest absolute Gasteiger partial charge is 0.507 e. The summed E-state index contributed by atoms with van der Waals surface area (Å²) < 4.78 is 28.3. The van der Waals surface area contributed by atoms with Crippen molar-refractivity contribution in [2.75, 3.05) is 4.90 Å². The van der Waals surface area contributed by atoms with Gasteiger partial charge in [0, 0.05) is 42.5 Å². The number of carbonyl (C=O) groups excluding carboxylic acids is 1. The average molecular weight is 615 g/mol. The van der Waals surface area contributed by atoms with Crippen molar-refractivity contribution in [2.24, 2.45) is 0 Å². The minimum absolute atomic E-state index is 0.0428. The Bertz CT molecular complexity index is 1870. The van der Waals surface area contributed by atoms with Gasteiger partial charge in [-0.05, 0) is 53.9 Å². The number of nitrogens with one attached hydrogen (secondary N) is 1. The summed E-state index contributed by atoms with van der Waals surface area (Å²) in [6.07, 6.45) is 4.52. The smallest absolute Gasteiger partial charge is 0.262 e. The van der Waals surface area contributed by atoms with Crippen LogP contribution in [0, 0.1) is 6.92 Å². The molecular formula is C32H27ClN4O5S. The lowest BCUT2D eigenvalue weighted by molar-refractivity contribution is 0.0982. The Balaban J connectivity index is 1.41. The number of carbonyl (C=O) groups is 1. The highest BCUT2D eigenvalue weighted by Gasteiger charge is 2.23. The first-order valence-corrected chi connectivity index (χ1v) is 15.0. The zero-order valence-corrected chi connectivity index (χ0v) is 24.5. The molecular weight excluding hydrogens is 588 g/mol. The summed E-state index contributed by atoms with van der Waals surface area (Å²) >= 11 is 6.05. The summed E-state index contributed by atoms with van der Waals surface area (Å²) in [6, 6.07) is 23.8. The highest BCUT2D eigenvalue weighted by atomic mass is 35.5. The molecule has 2 heterocycles. The van der Waals surface area contributed by atoms with E-state index in [9.17, 15) is 23.4 Å². The fourth-order valence-electron chi connectivity index (χ4n) is 4.48. The molecule has 11 heteroatoms. The molecule has 0 saturated carbocycles. The van der Waals surface area contributed by atoms with Crippen LogP contribution in [0.4, 0.5) is 5.69 Å². The maximum atomic E-state index is 13.7. The molecule has 218 valence electrons. The van der Waals surface area contributed by atoms with E-state index >= 15 is 0 Å². The van der Waals surface area contributed by atoms with E-state index in [-0.39, 0.29) is 34.3 Å². The molecule has 0 aliphatic carbocycles. The van der Waals surface area contributed by atoms with Gasteiger partial charge in [-0.1, -0.05) is 60.1 Å². The second-order valence-electron chi connectivity index (χ2n) is 9.77. The highest BCUT2D eigenvalue weighted by molar-refractivity contribution is 7.89. The molecule has 3 aromatic carbocycles. The van der Waals surface area contributed by atoms with Gasteiger partial charge in [0.25, 0.3) is 5.91 Å². The molecule has 0 radical (unpaired) electrons. The molecule has 5 aromatic rings. The van der Waals surface area contributed by atoms with Gasteiger partial charge in [0.05, 0.1) is 22.8 Å². The maximum absolute atomic E-state index is 13.7. The molecule has 43 heavy (non-hydrogen) atoms. The lowest BCUT2D eigenvalue weighted by Gasteiger charge is -2.24. The van der Waals surface area contributed by atoms with Crippen LogP contribution in [-0.4, -0.2) is 34.5 Å². The van der Waals surface area contributed by atoms with Gasteiger partial charge in [0.1, 0.15) is 16.4 Å². The van der Waals surface area contributed by atoms with Crippen LogP contribution in [0.1, 0.15) is 27.0 Å². The molecule has 2 aromatic heterocycles. The number of amides is 1. The number of hydrogen-bond acceptors (Lipinski definition) is 7. The van der Waals surface area contributed by atoms with Gasteiger partial charge < -0.3 is 15.1 Å². The number of aryl methyl sites for hydroxylation is 1. The molecule has 9 nitrogen and oxygen atoms in total. The third-order valence-electron chi connectivity index (χ3n) is 6.73. The van der Waals surface area contributed by atoms with E-state index < -0.39 is 21.7 Å². The number of sulfonamides is 1. The van der Waals surface area contributed by atoms with Crippen LogP contribution in [0.2, 0.25) is 5.02 Å². The zero-order chi connectivity index (χ0) is 30.6. The molecule has 1 amide bonds. The second kappa shape index (κ2) is 12.6. The fourth-order valence-corrected chi connectivity index (χ4v) is 5.69. The summed E-state index contributed by atoms with van der Waals surface area (Å²) in [7, 11) is -3.80. The lowest BCUT2D eigenvalue weighted by Crippen LogP contribution is -2.30.